The van der Waals surface area contributed by atoms with Crippen LogP contribution in [-0.4, -0.2) is 55.5 Å². The third kappa shape index (κ3) is 4.35. The number of aryl methyl sites for hydroxylation is 1. The number of pyridine rings is 1. The van der Waals surface area contributed by atoms with E-state index in [9.17, 15) is 9.59 Å². The van der Waals surface area contributed by atoms with Crippen LogP contribution in [0.15, 0.2) is 48.5 Å². The van der Waals surface area contributed by atoms with Crippen molar-refractivity contribution in [1.29, 1.82) is 0 Å². The minimum Gasteiger partial charge on any atom is -0.494 e. The number of ether oxygens (including phenoxy) is 1. The number of fused-ring (bicyclic) bond motifs is 4. The highest BCUT2D eigenvalue weighted by Crippen LogP contribution is 2.44. The number of amides is 2. The van der Waals surface area contributed by atoms with Crippen LogP contribution in [-0.2, 0) is 13.6 Å². The van der Waals surface area contributed by atoms with E-state index in [0.717, 1.165) is 69.9 Å². The van der Waals surface area contributed by atoms with E-state index in [1.807, 2.05) is 44.3 Å². The number of piperidine rings is 1. The Labute approximate surface area is 262 Å². The monoisotopic (exact) mass is 602 g/mol. The number of rotatable bonds is 7. The lowest BCUT2D eigenvalue weighted by Crippen LogP contribution is -2.38. The van der Waals surface area contributed by atoms with Gasteiger partial charge in [0.25, 0.3) is 5.91 Å². The Balaban J connectivity index is 1.25. The molecule has 2 unspecified atom stereocenters. The molecule has 5 aromatic rings. The van der Waals surface area contributed by atoms with Gasteiger partial charge in [-0.2, -0.15) is 0 Å². The predicted octanol–water partition coefficient (Wildman–Crippen LogP) is 5.95. The quantitative estimate of drug-likeness (QED) is 0.248. The number of aromatic nitrogens is 4. The Bertz CT molecular complexity index is 2040. The van der Waals surface area contributed by atoms with Crippen LogP contribution in [0.2, 0.25) is 0 Å². The molecule has 3 atom stereocenters. The van der Waals surface area contributed by atoms with Gasteiger partial charge >= 0.3 is 0 Å². The molecule has 3 aliphatic rings. The van der Waals surface area contributed by atoms with E-state index in [2.05, 4.69) is 33.1 Å². The summed E-state index contributed by atoms with van der Waals surface area (Å²) in [6.45, 7) is 5.87. The molecule has 2 N–H and O–H groups in total. The summed E-state index contributed by atoms with van der Waals surface area (Å²) < 4.78 is 10.2. The molecule has 2 aliphatic carbocycles. The first-order chi connectivity index (χ1) is 21.7. The molecule has 2 aromatic carbocycles. The molecule has 45 heavy (non-hydrogen) atoms. The lowest BCUT2D eigenvalue weighted by atomic mass is 9.99. The second kappa shape index (κ2) is 10.2. The molecule has 1 aliphatic heterocycles. The zero-order valence-electron chi connectivity index (χ0n) is 26.2. The van der Waals surface area contributed by atoms with Crippen molar-refractivity contribution >= 4 is 33.9 Å². The van der Waals surface area contributed by atoms with E-state index >= 15 is 0 Å². The number of hydrogen-bond acceptors (Lipinski definition) is 5. The van der Waals surface area contributed by atoms with Gasteiger partial charge in [0.05, 0.1) is 24.0 Å². The average Bonchev–Trinajstić information content (AvgIpc) is 3.44. The molecule has 9 nitrogen and oxygen atoms in total. The zero-order chi connectivity index (χ0) is 31.1. The van der Waals surface area contributed by atoms with Gasteiger partial charge in [0, 0.05) is 48.3 Å². The minimum absolute atomic E-state index is 0.0664. The number of carbonyl (C=O) groups is 2. The van der Waals surface area contributed by atoms with Crippen LogP contribution in [0.5, 0.6) is 5.75 Å². The number of nitrogens with two attached hydrogens (primary N) is 1. The van der Waals surface area contributed by atoms with Crippen LogP contribution in [0, 0.1) is 24.7 Å². The summed E-state index contributed by atoms with van der Waals surface area (Å²) in [7, 11) is 3.66. The number of methoxy groups -OCH3 is 1. The molecule has 4 heterocycles. The van der Waals surface area contributed by atoms with Crippen LogP contribution >= 0.6 is 0 Å². The predicted molar refractivity (Wildman–Crippen MR) is 174 cm³/mol. The molecule has 1 saturated heterocycles. The normalized spacial score (nSPS) is 20.9. The number of benzene rings is 2. The molecule has 2 amide bonds. The molecule has 2 bridgehead atoms. The Kier molecular flexibility index (Phi) is 6.31. The fourth-order valence-electron chi connectivity index (χ4n) is 7.91. The van der Waals surface area contributed by atoms with Crippen molar-refractivity contribution < 1.29 is 14.3 Å². The zero-order valence-corrected chi connectivity index (χ0v) is 26.2. The topological polar surface area (TPSA) is 108 Å². The highest BCUT2D eigenvalue weighted by atomic mass is 16.5. The van der Waals surface area contributed by atoms with Crippen molar-refractivity contribution in [2.24, 2.45) is 30.5 Å². The number of carbonyl (C=O) groups excluding carboxylic acids is 2. The van der Waals surface area contributed by atoms with Crippen LogP contribution in [0.4, 0.5) is 0 Å². The second-order valence-electron chi connectivity index (χ2n) is 13.3. The molecule has 230 valence electrons. The van der Waals surface area contributed by atoms with Crippen molar-refractivity contribution in [2.75, 3.05) is 13.7 Å². The summed E-state index contributed by atoms with van der Waals surface area (Å²) in [6, 6.07) is 16.0. The van der Waals surface area contributed by atoms with Crippen molar-refractivity contribution in [2.45, 2.75) is 52.1 Å². The number of likely N-dealkylation sites (tertiary alicyclic amines) is 1. The van der Waals surface area contributed by atoms with Gasteiger partial charge in [-0.25, -0.2) is 9.97 Å². The standard InChI is InChI=1S/C36H38N6O3/c1-19-23-11-13-29(19)42(18-23)36(44)24-14-28-32(31(16-24)45-4)40(3)35(39-28)30-15-22-10-12-27(38-34(22)41(30)17-21-8-9-21)25-6-5-7-26(20(25)2)33(37)43/h5-7,10,12,14-16,19,21,23,29H,8-9,11,13,17-18H2,1-4H3,(H2,37,43)/t19-,23?,29?/m1/s1. The van der Waals surface area contributed by atoms with Crippen molar-refractivity contribution in [3.8, 4) is 28.5 Å². The van der Waals surface area contributed by atoms with Crippen molar-refractivity contribution in [1.82, 2.24) is 24.0 Å². The van der Waals surface area contributed by atoms with E-state index in [4.69, 9.17) is 20.4 Å². The number of hydrogen-bond donors (Lipinski definition) is 1. The van der Waals surface area contributed by atoms with Crippen molar-refractivity contribution in [3.05, 3.63) is 65.2 Å². The van der Waals surface area contributed by atoms with E-state index in [1.54, 1.807) is 13.2 Å². The van der Waals surface area contributed by atoms with Gasteiger partial charge in [-0.05, 0) is 92.3 Å². The summed E-state index contributed by atoms with van der Waals surface area (Å²) >= 11 is 0. The van der Waals surface area contributed by atoms with Gasteiger partial charge in [-0.3, -0.25) is 9.59 Å². The largest absolute Gasteiger partial charge is 0.494 e. The summed E-state index contributed by atoms with van der Waals surface area (Å²) in [4.78, 5) is 38.2. The first kappa shape index (κ1) is 27.9. The van der Waals surface area contributed by atoms with Gasteiger partial charge < -0.3 is 24.5 Å². The summed E-state index contributed by atoms with van der Waals surface area (Å²) in [5, 5.41) is 1.02. The average molecular weight is 603 g/mol. The maximum absolute atomic E-state index is 13.8. The van der Waals surface area contributed by atoms with E-state index in [1.165, 1.54) is 19.3 Å². The highest BCUT2D eigenvalue weighted by molar-refractivity contribution is 6.01. The number of imidazole rings is 1. The van der Waals surface area contributed by atoms with Crippen LogP contribution in [0.3, 0.4) is 0 Å². The Morgan fingerprint density at radius 1 is 1.04 bits per heavy atom. The number of nitrogens with zero attached hydrogens (tertiary/aromatic N) is 5. The summed E-state index contributed by atoms with van der Waals surface area (Å²) in [6.07, 6.45) is 4.68. The molecular weight excluding hydrogens is 564 g/mol. The smallest absolute Gasteiger partial charge is 0.254 e. The lowest BCUT2D eigenvalue weighted by Gasteiger charge is -2.27. The van der Waals surface area contributed by atoms with Gasteiger partial charge in [0.1, 0.15) is 16.9 Å². The van der Waals surface area contributed by atoms with Crippen LogP contribution < -0.4 is 10.5 Å². The summed E-state index contributed by atoms with van der Waals surface area (Å²) in [5.74, 6) is 2.81. The number of primary amides is 1. The highest BCUT2D eigenvalue weighted by Gasteiger charge is 2.46. The van der Waals surface area contributed by atoms with E-state index < -0.39 is 5.91 Å². The molecule has 0 radical (unpaired) electrons. The van der Waals surface area contributed by atoms with Crippen LogP contribution in [0.25, 0.3) is 44.8 Å². The van der Waals surface area contributed by atoms with Crippen molar-refractivity contribution in [3.63, 3.8) is 0 Å². The molecule has 3 fully saturated rings. The SMILES string of the molecule is COc1cc(C(=O)N2CC3CCC2[C@@H]3C)cc2nc(-c3cc4ccc(-c5cccc(C(N)=O)c5C)nc4n3CC3CC3)n(C)c12. The molecule has 8 rings (SSSR count). The molecule has 9 heteroatoms. The fraction of sp³-hybridized carbons (Fsp3) is 0.389. The fourth-order valence-corrected chi connectivity index (χ4v) is 7.91. The maximum Gasteiger partial charge on any atom is 0.254 e. The molecule has 3 aromatic heterocycles. The molecule has 0 spiro atoms. The first-order valence-electron chi connectivity index (χ1n) is 16.0. The van der Waals surface area contributed by atoms with Gasteiger partial charge in [0.2, 0.25) is 5.91 Å². The Morgan fingerprint density at radius 2 is 1.87 bits per heavy atom. The van der Waals surface area contributed by atoms with Gasteiger partial charge in [-0.1, -0.05) is 19.1 Å². The minimum atomic E-state index is -0.445. The Morgan fingerprint density at radius 3 is 2.56 bits per heavy atom. The maximum atomic E-state index is 13.8. The lowest BCUT2D eigenvalue weighted by molar-refractivity contribution is 0.0695. The summed E-state index contributed by atoms with van der Waals surface area (Å²) in [5.41, 5.74) is 12.7. The van der Waals surface area contributed by atoms with Crippen LogP contribution in [0.1, 0.15) is 58.9 Å². The second-order valence-corrected chi connectivity index (χ2v) is 13.3. The van der Waals surface area contributed by atoms with Gasteiger partial charge in [-0.15, -0.1) is 0 Å². The molecule has 2 saturated carbocycles. The van der Waals surface area contributed by atoms with E-state index in [0.29, 0.717) is 40.7 Å². The van der Waals surface area contributed by atoms with Gasteiger partial charge in [0.15, 0.2) is 5.82 Å². The third-order valence-corrected chi connectivity index (χ3v) is 10.7. The van der Waals surface area contributed by atoms with E-state index in [-0.39, 0.29) is 5.91 Å². The Hall–Kier alpha value is -4.66. The molecular formula is C36H38N6O3. The third-order valence-electron chi connectivity index (χ3n) is 10.7. The first-order valence-corrected chi connectivity index (χ1v) is 16.0.